The van der Waals surface area contributed by atoms with E-state index in [1.54, 1.807) is 0 Å². The molecule has 0 aromatic carbocycles. The van der Waals surface area contributed by atoms with E-state index in [-0.39, 0.29) is 0 Å². The third-order valence-corrected chi connectivity index (χ3v) is 4.90. The Balaban J connectivity index is 1.51. The minimum Gasteiger partial charge on any atom is -0.342 e. The molecule has 126 valence electrons. The van der Waals surface area contributed by atoms with Crippen LogP contribution < -0.4 is 0 Å². The van der Waals surface area contributed by atoms with Crippen LogP contribution in [0.1, 0.15) is 24.4 Å². The summed E-state index contributed by atoms with van der Waals surface area (Å²) in [5, 5.41) is 0. The van der Waals surface area contributed by atoms with Crippen LogP contribution in [0.3, 0.4) is 0 Å². The maximum Gasteiger partial charge on any atom is 0.222 e. The van der Waals surface area contributed by atoms with Gasteiger partial charge in [-0.1, -0.05) is 6.07 Å². The number of amides is 1. The normalized spacial score (nSPS) is 21.8. The Morgan fingerprint density at radius 2 is 2.12 bits per heavy atom. The highest BCUT2D eigenvalue weighted by atomic mass is 16.2. The average molecular weight is 325 g/mol. The monoisotopic (exact) mass is 325 g/mol. The molecule has 0 saturated carbocycles. The van der Waals surface area contributed by atoms with E-state index < -0.39 is 0 Å². The van der Waals surface area contributed by atoms with Crippen molar-refractivity contribution in [3.63, 3.8) is 0 Å². The van der Waals surface area contributed by atoms with E-state index in [0.717, 1.165) is 57.2 Å². The van der Waals surface area contributed by atoms with Gasteiger partial charge in [-0.15, -0.1) is 0 Å². The summed E-state index contributed by atoms with van der Waals surface area (Å²) in [6.45, 7) is 5.29. The van der Waals surface area contributed by atoms with E-state index in [0.29, 0.717) is 18.2 Å². The number of nitrogens with zero attached hydrogens (tertiary/aromatic N) is 5. The second-order valence-corrected chi connectivity index (χ2v) is 6.80. The lowest BCUT2D eigenvalue weighted by Crippen LogP contribution is -2.37. The SMILES string of the molecule is O=C1CCCN1CC1CN(Cc2ccccn2)Cc2nccn2C1. The fourth-order valence-electron chi connectivity index (χ4n) is 3.79. The molecule has 1 unspecified atom stereocenters. The number of hydrogen-bond acceptors (Lipinski definition) is 4. The molecule has 2 aromatic heterocycles. The number of aromatic nitrogens is 3. The van der Waals surface area contributed by atoms with E-state index >= 15 is 0 Å². The first-order valence-corrected chi connectivity index (χ1v) is 8.68. The van der Waals surface area contributed by atoms with Gasteiger partial charge in [0.1, 0.15) is 5.82 Å². The molecular weight excluding hydrogens is 302 g/mol. The number of fused-ring (bicyclic) bond motifs is 1. The highest BCUT2D eigenvalue weighted by Crippen LogP contribution is 2.20. The van der Waals surface area contributed by atoms with Gasteiger partial charge in [0.15, 0.2) is 0 Å². The summed E-state index contributed by atoms with van der Waals surface area (Å²) in [6, 6.07) is 6.04. The first kappa shape index (κ1) is 15.3. The Morgan fingerprint density at radius 3 is 2.92 bits per heavy atom. The van der Waals surface area contributed by atoms with Crippen LogP contribution in [0.4, 0.5) is 0 Å². The van der Waals surface area contributed by atoms with Crippen molar-refractivity contribution in [1.29, 1.82) is 0 Å². The third kappa shape index (κ3) is 3.33. The van der Waals surface area contributed by atoms with Gasteiger partial charge in [0.2, 0.25) is 5.91 Å². The number of carbonyl (C=O) groups is 1. The van der Waals surface area contributed by atoms with Gasteiger partial charge in [-0.2, -0.15) is 0 Å². The molecule has 0 N–H and O–H groups in total. The van der Waals surface area contributed by atoms with Crippen molar-refractivity contribution in [2.24, 2.45) is 5.92 Å². The Morgan fingerprint density at radius 1 is 1.17 bits per heavy atom. The van der Waals surface area contributed by atoms with Gasteiger partial charge >= 0.3 is 0 Å². The maximum atomic E-state index is 12.0. The Kier molecular flexibility index (Phi) is 4.30. The molecule has 0 bridgehead atoms. The summed E-state index contributed by atoms with van der Waals surface area (Å²) >= 11 is 0. The lowest BCUT2D eigenvalue weighted by molar-refractivity contribution is -0.128. The molecule has 1 fully saturated rings. The smallest absolute Gasteiger partial charge is 0.222 e. The predicted molar refractivity (Wildman–Crippen MR) is 89.9 cm³/mol. The third-order valence-electron chi connectivity index (χ3n) is 4.90. The molecule has 0 aliphatic carbocycles. The van der Waals surface area contributed by atoms with Crippen LogP contribution in [0, 0.1) is 5.92 Å². The van der Waals surface area contributed by atoms with Crippen molar-refractivity contribution in [3.05, 3.63) is 48.3 Å². The summed E-state index contributed by atoms with van der Waals surface area (Å²) in [5.41, 5.74) is 1.08. The van der Waals surface area contributed by atoms with E-state index in [1.165, 1.54) is 0 Å². The Labute approximate surface area is 142 Å². The molecule has 2 aromatic rings. The molecule has 2 aliphatic rings. The van der Waals surface area contributed by atoms with Gasteiger partial charge in [-0.25, -0.2) is 4.98 Å². The lowest BCUT2D eigenvalue weighted by Gasteiger charge is -2.27. The zero-order valence-electron chi connectivity index (χ0n) is 13.8. The van der Waals surface area contributed by atoms with E-state index in [2.05, 4.69) is 31.7 Å². The van der Waals surface area contributed by atoms with Crippen LogP contribution >= 0.6 is 0 Å². The highest BCUT2D eigenvalue weighted by Gasteiger charge is 2.28. The van der Waals surface area contributed by atoms with Gasteiger partial charge in [0.25, 0.3) is 0 Å². The molecular formula is C18H23N5O. The van der Waals surface area contributed by atoms with Crippen LogP contribution in [-0.4, -0.2) is 49.9 Å². The van der Waals surface area contributed by atoms with Gasteiger partial charge < -0.3 is 9.47 Å². The van der Waals surface area contributed by atoms with Crippen molar-refractivity contribution in [3.8, 4) is 0 Å². The number of imidazole rings is 1. The zero-order chi connectivity index (χ0) is 16.4. The zero-order valence-corrected chi connectivity index (χ0v) is 13.8. The molecule has 0 radical (unpaired) electrons. The first-order valence-electron chi connectivity index (χ1n) is 8.68. The summed E-state index contributed by atoms with van der Waals surface area (Å²) in [7, 11) is 0. The minimum absolute atomic E-state index is 0.307. The molecule has 1 saturated heterocycles. The Bertz CT molecular complexity index is 698. The second-order valence-electron chi connectivity index (χ2n) is 6.80. The molecule has 4 heterocycles. The maximum absolute atomic E-state index is 12.0. The molecule has 1 amide bonds. The molecule has 1 atom stereocenters. The predicted octanol–water partition coefficient (Wildman–Crippen LogP) is 1.53. The number of rotatable bonds is 4. The van der Waals surface area contributed by atoms with Gasteiger partial charge in [0, 0.05) is 63.7 Å². The number of hydrogen-bond donors (Lipinski definition) is 0. The van der Waals surface area contributed by atoms with E-state index in [9.17, 15) is 4.79 Å². The molecule has 2 aliphatic heterocycles. The largest absolute Gasteiger partial charge is 0.342 e. The topological polar surface area (TPSA) is 54.3 Å². The average Bonchev–Trinajstić information content (AvgIpc) is 3.14. The van der Waals surface area contributed by atoms with Crippen molar-refractivity contribution in [2.75, 3.05) is 19.6 Å². The van der Waals surface area contributed by atoms with Crippen LogP contribution in [0.2, 0.25) is 0 Å². The van der Waals surface area contributed by atoms with Crippen molar-refractivity contribution in [2.45, 2.75) is 32.5 Å². The van der Waals surface area contributed by atoms with Crippen LogP contribution in [0.5, 0.6) is 0 Å². The number of pyridine rings is 1. The molecule has 24 heavy (non-hydrogen) atoms. The minimum atomic E-state index is 0.307. The first-order chi connectivity index (χ1) is 11.8. The second kappa shape index (κ2) is 6.73. The lowest BCUT2D eigenvalue weighted by atomic mass is 10.1. The number of carbonyl (C=O) groups excluding carboxylic acids is 1. The molecule has 0 spiro atoms. The summed E-state index contributed by atoms with van der Waals surface area (Å²) in [5.74, 6) is 1.83. The fraction of sp³-hybridized carbons (Fsp3) is 0.500. The van der Waals surface area contributed by atoms with Crippen molar-refractivity contribution in [1.82, 2.24) is 24.3 Å². The summed E-state index contributed by atoms with van der Waals surface area (Å²) < 4.78 is 2.24. The van der Waals surface area contributed by atoms with Crippen LogP contribution in [0.25, 0.3) is 0 Å². The van der Waals surface area contributed by atoms with Crippen LogP contribution in [0.15, 0.2) is 36.8 Å². The standard InChI is InChI=1S/C18H23N5O/c24-18-5-3-8-23(18)12-15-10-21(13-16-4-1-2-6-19-16)14-17-20-7-9-22(17)11-15/h1-2,4,6-7,9,15H,3,5,8,10-14H2. The van der Waals surface area contributed by atoms with Crippen molar-refractivity contribution >= 4 is 5.91 Å². The molecule has 4 rings (SSSR count). The summed E-state index contributed by atoms with van der Waals surface area (Å²) in [4.78, 5) is 25.4. The van der Waals surface area contributed by atoms with Crippen LogP contribution in [-0.2, 0) is 24.4 Å². The highest BCUT2D eigenvalue weighted by molar-refractivity contribution is 5.78. The molecule has 6 nitrogen and oxygen atoms in total. The van der Waals surface area contributed by atoms with Crippen molar-refractivity contribution < 1.29 is 4.79 Å². The van der Waals surface area contributed by atoms with E-state index in [1.807, 2.05) is 29.4 Å². The Hall–Kier alpha value is -2.21. The van der Waals surface area contributed by atoms with Gasteiger partial charge in [0.05, 0.1) is 12.2 Å². The molecule has 6 heteroatoms. The van der Waals surface area contributed by atoms with Gasteiger partial charge in [-0.3, -0.25) is 14.7 Å². The van der Waals surface area contributed by atoms with Gasteiger partial charge in [-0.05, 0) is 18.6 Å². The number of likely N-dealkylation sites (tertiary alicyclic amines) is 1. The quantitative estimate of drug-likeness (QED) is 0.855. The van der Waals surface area contributed by atoms with E-state index in [4.69, 9.17) is 0 Å². The summed E-state index contributed by atoms with van der Waals surface area (Å²) in [6.07, 6.45) is 7.48. The fourth-order valence-corrected chi connectivity index (χ4v) is 3.79.